The molecule has 12 heavy (non-hydrogen) atoms. The second kappa shape index (κ2) is 3.91. The van der Waals surface area contributed by atoms with Crippen molar-refractivity contribution in [1.82, 2.24) is 4.31 Å². The first-order valence-electron chi connectivity index (χ1n) is 3.86. The number of alkyl halides is 1. The zero-order valence-corrected chi connectivity index (χ0v) is 8.18. The van der Waals surface area contributed by atoms with Gasteiger partial charge in [0.05, 0.1) is 6.00 Å². The largest absolute Gasteiger partial charge is 0.337 e. The first kappa shape index (κ1) is 10.2. The maximum atomic E-state index is 10.7. The standard InChI is InChI=1S/C6H12ClNO3S/c7-5-8(12(9,10)11)6-3-1-2-4-6/h6H,1-5H2,(H,9,10,11). The molecule has 1 rings (SSSR count). The lowest BCUT2D eigenvalue weighted by molar-refractivity contribution is 0.316. The van der Waals surface area contributed by atoms with Crippen molar-refractivity contribution in [2.75, 3.05) is 6.00 Å². The lowest BCUT2D eigenvalue weighted by Crippen LogP contribution is -2.37. The number of hydrogen-bond donors (Lipinski definition) is 1. The van der Waals surface area contributed by atoms with Crippen LogP contribution in [0, 0.1) is 0 Å². The fourth-order valence-electron chi connectivity index (χ4n) is 1.54. The molecule has 0 spiro atoms. The van der Waals surface area contributed by atoms with Gasteiger partial charge < -0.3 is 0 Å². The van der Waals surface area contributed by atoms with E-state index < -0.39 is 10.3 Å². The second-order valence-corrected chi connectivity index (χ2v) is 4.53. The Kier molecular flexibility index (Phi) is 3.34. The lowest BCUT2D eigenvalue weighted by atomic mass is 10.3. The van der Waals surface area contributed by atoms with Gasteiger partial charge in [-0.15, -0.1) is 11.6 Å². The van der Waals surface area contributed by atoms with Gasteiger partial charge in [-0.05, 0) is 12.8 Å². The van der Waals surface area contributed by atoms with Crippen LogP contribution in [0.25, 0.3) is 0 Å². The minimum atomic E-state index is -4.10. The molecule has 0 aliphatic heterocycles. The van der Waals surface area contributed by atoms with Crippen LogP contribution < -0.4 is 0 Å². The third kappa shape index (κ3) is 2.32. The Labute approximate surface area is 77.4 Å². The molecule has 0 saturated heterocycles. The summed E-state index contributed by atoms with van der Waals surface area (Å²) >= 11 is 5.42. The molecular formula is C6H12ClNO3S. The average molecular weight is 214 g/mol. The molecule has 0 unspecified atom stereocenters. The fourth-order valence-corrected chi connectivity index (χ4v) is 2.82. The van der Waals surface area contributed by atoms with Crippen LogP contribution in [0.2, 0.25) is 0 Å². The Morgan fingerprint density at radius 1 is 1.42 bits per heavy atom. The smallest absolute Gasteiger partial charge is 0.273 e. The van der Waals surface area contributed by atoms with E-state index in [2.05, 4.69) is 0 Å². The second-order valence-electron chi connectivity index (χ2n) is 2.92. The molecule has 4 nitrogen and oxygen atoms in total. The normalized spacial score (nSPS) is 20.6. The summed E-state index contributed by atoms with van der Waals surface area (Å²) in [7, 11) is -4.10. The molecule has 0 amide bonds. The topological polar surface area (TPSA) is 57.6 Å². The first-order chi connectivity index (χ1) is 5.55. The SMILES string of the molecule is O=S(=O)(O)N(CCl)C1CCCC1. The van der Waals surface area contributed by atoms with Crippen molar-refractivity contribution >= 4 is 21.9 Å². The molecule has 1 aliphatic carbocycles. The van der Waals surface area contributed by atoms with Gasteiger partial charge >= 0.3 is 10.3 Å². The number of nitrogens with zero attached hydrogens (tertiary/aromatic N) is 1. The van der Waals surface area contributed by atoms with Gasteiger partial charge in [0.25, 0.3) is 0 Å². The van der Waals surface area contributed by atoms with Crippen molar-refractivity contribution < 1.29 is 13.0 Å². The van der Waals surface area contributed by atoms with Crippen LogP contribution >= 0.6 is 11.6 Å². The monoisotopic (exact) mass is 213 g/mol. The van der Waals surface area contributed by atoms with E-state index in [1.165, 1.54) is 0 Å². The Morgan fingerprint density at radius 3 is 2.25 bits per heavy atom. The molecule has 0 radical (unpaired) electrons. The highest BCUT2D eigenvalue weighted by Gasteiger charge is 2.29. The van der Waals surface area contributed by atoms with Crippen LogP contribution in [-0.2, 0) is 10.3 Å². The third-order valence-corrected chi connectivity index (χ3v) is 3.57. The summed E-state index contributed by atoms with van der Waals surface area (Å²) in [5.41, 5.74) is 0. The van der Waals surface area contributed by atoms with Crippen molar-refractivity contribution in [2.45, 2.75) is 31.7 Å². The Hall–Kier alpha value is 0.160. The molecule has 0 aromatic heterocycles. The quantitative estimate of drug-likeness (QED) is 0.436. The number of rotatable bonds is 3. The predicted octanol–water partition coefficient (Wildman–Crippen LogP) is 1.23. The molecular weight excluding hydrogens is 202 g/mol. The van der Waals surface area contributed by atoms with E-state index in [9.17, 15) is 8.42 Å². The molecule has 1 saturated carbocycles. The summed E-state index contributed by atoms with van der Waals surface area (Å²) in [5, 5.41) is 0. The highest BCUT2D eigenvalue weighted by atomic mass is 35.5. The van der Waals surface area contributed by atoms with Crippen LogP contribution in [0.3, 0.4) is 0 Å². The number of hydrogen-bond acceptors (Lipinski definition) is 2. The molecule has 0 aromatic carbocycles. The maximum absolute atomic E-state index is 10.7. The molecule has 72 valence electrons. The van der Waals surface area contributed by atoms with Crippen LogP contribution in [-0.4, -0.2) is 29.3 Å². The Bertz CT molecular complexity index is 235. The fraction of sp³-hybridized carbons (Fsp3) is 1.00. The van der Waals surface area contributed by atoms with E-state index in [1.807, 2.05) is 0 Å². The van der Waals surface area contributed by atoms with Crippen molar-refractivity contribution in [1.29, 1.82) is 0 Å². The molecule has 1 aliphatic rings. The van der Waals surface area contributed by atoms with E-state index in [0.717, 1.165) is 30.0 Å². The highest BCUT2D eigenvalue weighted by Crippen LogP contribution is 2.25. The van der Waals surface area contributed by atoms with E-state index in [1.54, 1.807) is 0 Å². The zero-order valence-electron chi connectivity index (χ0n) is 6.61. The average Bonchev–Trinajstić information content (AvgIpc) is 2.38. The summed E-state index contributed by atoms with van der Waals surface area (Å²) in [6.45, 7) is 0. The van der Waals surface area contributed by atoms with Gasteiger partial charge in [0.2, 0.25) is 0 Å². The Balaban J connectivity index is 2.68. The van der Waals surface area contributed by atoms with E-state index in [-0.39, 0.29) is 12.0 Å². The minimum absolute atomic E-state index is 0.0995. The highest BCUT2D eigenvalue weighted by molar-refractivity contribution is 7.83. The lowest BCUT2D eigenvalue weighted by Gasteiger charge is -2.21. The zero-order chi connectivity index (χ0) is 9.19. The minimum Gasteiger partial charge on any atom is -0.273 e. The van der Waals surface area contributed by atoms with Crippen molar-refractivity contribution in [2.24, 2.45) is 0 Å². The van der Waals surface area contributed by atoms with Crippen molar-refractivity contribution in [3.63, 3.8) is 0 Å². The summed E-state index contributed by atoms with van der Waals surface area (Å²) in [4.78, 5) is 0. The van der Waals surface area contributed by atoms with Gasteiger partial charge in [0.15, 0.2) is 0 Å². The summed E-state index contributed by atoms with van der Waals surface area (Å²) in [5.74, 6) is 0. The third-order valence-electron chi connectivity index (χ3n) is 2.15. The van der Waals surface area contributed by atoms with Gasteiger partial charge in [-0.25, -0.2) is 0 Å². The van der Waals surface area contributed by atoms with E-state index in [4.69, 9.17) is 16.2 Å². The summed E-state index contributed by atoms with van der Waals surface area (Å²) in [6.07, 6.45) is 3.61. The molecule has 1 fully saturated rings. The van der Waals surface area contributed by atoms with Gasteiger partial charge in [0, 0.05) is 6.04 Å². The van der Waals surface area contributed by atoms with Gasteiger partial charge in [-0.3, -0.25) is 4.55 Å². The summed E-state index contributed by atoms with van der Waals surface area (Å²) in [6, 6.07) is -0.263. The maximum Gasteiger partial charge on any atom is 0.337 e. The van der Waals surface area contributed by atoms with Gasteiger partial charge in [-0.2, -0.15) is 12.7 Å². The molecule has 0 bridgehead atoms. The summed E-state index contributed by atoms with van der Waals surface area (Å²) < 4.78 is 31.2. The molecule has 6 heteroatoms. The molecule has 1 N–H and O–H groups in total. The van der Waals surface area contributed by atoms with Crippen molar-refractivity contribution in [3.05, 3.63) is 0 Å². The van der Waals surface area contributed by atoms with E-state index >= 15 is 0 Å². The van der Waals surface area contributed by atoms with Crippen molar-refractivity contribution in [3.8, 4) is 0 Å². The Morgan fingerprint density at radius 2 is 1.92 bits per heavy atom. The van der Waals surface area contributed by atoms with E-state index in [0.29, 0.717) is 0 Å². The number of halogens is 1. The first-order valence-corrected chi connectivity index (χ1v) is 5.79. The predicted molar refractivity (Wildman–Crippen MR) is 46.4 cm³/mol. The van der Waals surface area contributed by atoms with Crippen LogP contribution in [0.1, 0.15) is 25.7 Å². The molecule has 0 atom stereocenters. The van der Waals surface area contributed by atoms with Crippen LogP contribution in [0.4, 0.5) is 0 Å². The molecule has 0 aromatic rings. The van der Waals surface area contributed by atoms with Crippen LogP contribution in [0.15, 0.2) is 0 Å². The van der Waals surface area contributed by atoms with Gasteiger partial charge in [-0.1, -0.05) is 12.8 Å². The van der Waals surface area contributed by atoms with Crippen LogP contribution in [0.5, 0.6) is 0 Å². The van der Waals surface area contributed by atoms with Gasteiger partial charge in [0.1, 0.15) is 0 Å². The molecule has 0 heterocycles.